The monoisotopic (exact) mass is 258 g/mol. The maximum Gasteiger partial charge on any atom is 0.348 e. The minimum Gasteiger partial charge on any atom is -0.478 e. The standard InChI is InChI=1S/C10H14N2O4S/c1-4-15-7-6(9(13)16-5-2)8(17-3)12-10(14)11-7/h4-5H2,1-3H3,(H,11,12,14). The first-order valence-corrected chi connectivity index (χ1v) is 6.34. The molecule has 6 nitrogen and oxygen atoms in total. The third-order valence-electron chi connectivity index (χ3n) is 1.83. The van der Waals surface area contributed by atoms with Crippen molar-refractivity contribution in [2.24, 2.45) is 0 Å². The molecular formula is C10H14N2O4S. The van der Waals surface area contributed by atoms with Crippen LogP contribution in [0.15, 0.2) is 9.82 Å². The highest BCUT2D eigenvalue weighted by atomic mass is 32.2. The van der Waals surface area contributed by atoms with Gasteiger partial charge in [0.2, 0.25) is 5.88 Å². The van der Waals surface area contributed by atoms with Gasteiger partial charge in [0.25, 0.3) is 0 Å². The number of aromatic amines is 1. The number of H-pyrrole nitrogens is 1. The van der Waals surface area contributed by atoms with Crippen molar-refractivity contribution in [3.63, 3.8) is 0 Å². The molecule has 0 bridgehead atoms. The molecule has 0 saturated heterocycles. The van der Waals surface area contributed by atoms with E-state index in [2.05, 4.69) is 9.97 Å². The number of ether oxygens (including phenoxy) is 2. The number of hydrogen-bond donors (Lipinski definition) is 1. The van der Waals surface area contributed by atoms with Gasteiger partial charge >= 0.3 is 11.7 Å². The van der Waals surface area contributed by atoms with E-state index in [1.54, 1.807) is 20.1 Å². The number of thioether (sulfide) groups is 1. The predicted molar refractivity (Wildman–Crippen MR) is 63.8 cm³/mol. The van der Waals surface area contributed by atoms with E-state index in [4.69, 9.17) is 9.47 Å². The third-order valence-corrected chi connectivity index (χ3v) is 2.51. The van der Waals surface area contributed by atoms with E-state index in [1.807, 2.05) is 0 Å². The van der Waals surface area contributed by atoms with Crippen LogP contribution in [0.3, 0.4) is 0 Å². The molecule has 7 heteroatoms. The number of nitrogens with zero attached hydrogens (tertiary/aromatic N) is 1. The molecule has 94 valence electrons. The normalized spacial score (nSPS) is 10.1. The molecule has 1 rings (SSSR count). The maximum atomic E-state index is 11.8. The molecule has 0 aliphatic heterocycles. The summed E-state index contributed by atoms with van der Waals surface area (Å²) in [5.74, 6) is -0.445. The largest absolute Gasteiger partial charge is 0.478 e. The quantitative estimate of drug-likeness (QED) is 0.483. The molecule has 0 aliphatic rings. The average molecular weight is 258 g/mol. The van der Waals surface area contributed by atoms with Gasteiger partial charge in [-0.1, -0.05) is 0 Å². The van der Waals surface area contributed by atoms with Gasteiger partial charge in [-0.15, -0.1) is 11.8 Å². The number of nitrogens with one attached hydrogen (secondary N) is 1. The first kappa shape index (κ1) is 13.6. The van der Waals surface area contributed by atoms with Crippen LogP contribution in [0.4, 0.5) is 0 Å². The summed E-state index contributed by atoms with van der Waals surface area (Å²) in [6.45, 7) is 4.04. The lowest BCUT2D eigenvalue weighted by atomic mass is 10.3. The van der Waals surface area contributed by atoms with Gasteiger partial charge in [-0.25, -0.2) is 9.59 Å². The van der Waals surface area contributed by atoms with E-state index in [9.17, 15) is 9.59 Å². The third kappa shape index (κ3) is 3.23. The molecule has 0 aromatic carbocycles. The minimum atomic E-state index is -0.552. The van der Waals surface area contributed by atoms with Crippen LogP contribution in [0.5, 0.6) is 5.88 Å². The zero-order chi connectivity index (χ0) is 12.8. The van der Waals surface area contributed by atoms with Crippen LogP contribution in [-0.4, -0.2) is 35.4 Å². The first-order valence-electron chi connectivity index (χ1n) is 5.12. The number of esters is 1. The van der Waals surface area contributed by atoms with E-state index in [0.29, 0.717) is 11.6 Å². The van der Waals surface area contributed by atoms with Crippen LogP contribution >= 0.6 is 11.8 Å². The Morgan fingerprint density at radius 2 is 2.12 bits per heavy atom. The summed E-state index contributed by atoms with van der Waals surface area (Å²) in [5, 5.41) is 0.302. The van der Waals surface area contributed by atoms with E-state index in [0.717, 1.165) is 0 Å². The second-order valence-corrected chi connectivity index (χ2v) is 3.70. The van der Waals surface area contributed by atoms with Crippen LogP contribution in [0.25, 0.3) is 0 Å². The van der Waals surface area contributed by atoms with Gasteiger partial charge in [0, 0.05) is 0 Å². The number of rotatable bonds is 5. The fourth-order valence-electron chi connectivity index (χ4n) is 1.22. The van der Waals surface area contributed by atoms with Gasteiger partial charge in [0.15, 0.2) is 5.56 Å². The van der Waals surface area contributed by atoms with Crippen LogP contribution < -0.4 is 10.4 Å². The van der Waals surface area contributed by atoms with E-state index in [1.165, 1.54) is 11.8 Å². The lowest BCUT2D eigenvalue weighted by molar-refractivity contribution is 0.0515. The first-order chi connectivity index (χ1) is 8.13. The van der Waals surface area contributed by atoms with Crippen molar-refractivity contribution in [1.82, 2.24) is 9.97 Å². The molecular weight excluding hydrogens is 244 g/mol. The summed E-state index contributed by atoms with van der Waals surface area (Å²) in [6.07, 6.45) is 1.72. The van der Waals surface area contributed by atoms with Crippen molar-refractivity contribution in [3.05, 3.63) is 16.0 Å². The van der Waals surface area contributed by atoms with E-state index < -0.39 is 11.7 Å². The maximum absolute atomic E-state index is 11.8. The smallest absolute Gasteiger partial charge is 0.348 e. The van der Waals surface area contributed by atoms with Gasteiger partial charge < -0.3 is 9.47 Å². The SMILES string of the molecule is CCOC(=O)c1c(SC)nc(=O)[nH]c1OCC. The van der Waals surface area contributed by atoms with Crippen molar-refractivity contribution < 1.29 is 14.3 Å². The summed E-state index contributed by atoms with van der Waals surface area (Å²) in [6, 6.07) is 0. The van der Waals surface area contributed by atoms with Crippen molar-refractivity contribution in [3.8, 4) is 5.88 Å². The molecule has 1 heterocycles. The van der Waals surface area contributed by atoms with Crippen molar-refractivity contribution in [2.75, 3.05) is 19.5 Å². The van der Waals surface area contributed by atoms with Crippen molar-refractivity contribution in [2.45, 2.75) is 18.9 Å². The number of aromatic nitrogens is 2. The molecule has 1 aromatic heterocycles. The second kappa shape index (κ2) is 6.29. The van der Waals surface area contributed by atoms with Crippen LogP contribution in [0, 0.1) is 0 Å². The zero-order valence-electron chi connectivity index (χ0n) is 9.90. The topological polar surface area (TPSA) is 81.3 Å². The Hall–Kier alpha value is -1.50. The minimum absolute atomic E-state index is 0.107. The fourth-order valence-corrected chi connectivity index (χ4v) is 1.77. The lowest BCUT2D eigenvalue weighted by Gasteiger charge is -2.10. The highest BCUT2D eigenvalue weighted by Gasteiger charge is 2.21. The molecule has 0 fully saturated rings. The molecule has 0 spiro atoms. The Labute approximate surface area is 103 Å². The highest BCUT2D eigenvalue weighted by Crippen LogP contribution is 2.24. The molecule has 0 amide bonds. The van der Waals surface area contributed by atoms with E-state index in [-0.39, 0.29) is 18.1 Å². The molecule has 0 saturated carbocycles. The molecule has 1 N–H and O–H groups in total. The Morgan fingerprint density at radius 3 is 2.65 bits per heavy atom. The second-order valence-electron chi connectivity index (χ2n) is 2.91. The molecule has 0 aliphatic carbocycles. The van der Waals surface area contributed by atoms with Crippen LogP contribution in [0.1, 0.15) is 24.2 Å². The van der Waals surface area contributed by atoms with Crippen LogP contribution in [-0.2, 0) is 4.74 Å². The zero-order valence-corrected chi connectivity index (χ0v) is 10.7. The Morgan fingerprint density at radius 1 is 1.41 bits per heavy atom. The average Bonchev–Trinajstić information content (AvgIpc) is 2.28. The van der Waals surface area contributed by atoms with Crippen molar-refractivity contribution in [1.29, 1.82) is 0 Å². The van der Waals surface area contributed by atoms with E-state index >= 15 is 0 Å². The number of carbonyl (C=O) groups is 1. The predicted octanol–water partition coefficient (Wildman–Crippen LogP) is 1.07. The molecule has 1 aromatic rings. The fraction of sp³-hybridized carbons (Fsp3) is 0.500. The summed E-state index contributed by atoms with van der Waals surface area (Å²) < 4.78 is 10.1. The molecule has 17 heavy (non-hydrogen) atoms. The summed E-state index contributed by atoms with van der Waals surface area (Å²) in [4.78, 5) is 29.1. The molecule has 0 atom stereocenters. The van der Waals surface area contributed by atoms with Crippen LogP contribution in [0.2, 0.25) is 0 Å². The van der Waals surface area contributed by atoms with Gasteiger partial charge in [0.1, 0.15) is 5.03 Å². The Bertz CT molecular complexity index is 458. The van der Waals surface area contributed by atoms with Gasteiger partial charge in [-0.3, -0.25) is 4.98 Å². The Kier molecular flexibility index (Phi) is 5.02. The highest BCUT2D eigenvalue weighted by molar-refractivity contribution is 7.98. The van der Waals surface area contributed by atoms with Gasteiger partial charge in [0.05, 0.1) is 13.2 Å². The lowest BCUT2D eigenvalue weighted by Crippen LogP contribution is -2.19. The number of hydrogen-bond acceptors (Lipinski definition) is 6. The number of carbonyl (C=O) groups excluding carboxylic acids is 1. The Balaban J connectivity index is 3.30. The van der Waals surface area contributed by atoms with Gasteiger partial charge in [-0.2, -0.15) is 4.98 Å². The van der Waals surface area contributed by atoms with Crippen molar-refractivity contribution >= 4 is 17.7 Å². The summed E-state index contributed by atoms with van der Waals surface area (Å²) in [5.41, 5.74) is -0.383. The molecule has 0 radical (unpaired) electrons. The summed E-state index contributed by atoms with van der Waals surface area (Å²) in [7, 11) is 0. The summed E-state index contributed by atoms with van der Waals surface area (Å²) >= 11 is 1.19. The van der Waals surface area contributed by atoms with Gasteiger partial charge in [-0.05, 0) is 20.1 Å². The molecule has 0 unspecified atom stereocenters.